The Kier molecular flexibility index (Phi) is 27.8. The van der Waals surface area contributed by atoms with Gasteiger partial charge >= 0.3 is 25.2 Å². The van der Waals surface area contributed by atoms with Gasteiger partial charge in [-0.15, -0.1) is 0 Å². The summed E-state index contributed by atoms with van der Waals surface area (Å²) in [7, 11) is 0. The van der Waals surface area contributed by atoms with Gasteiger partial charge in [0.1, 0.15) is 0 Å². The molecule has 0 aliphatic rings. The first-order chi connectivity index (χ1) is 7.22. The van der Waals surface area contributed by atoms with Crippen molar-refractivity contribution in [1.29, 1.82) is 5.39 Å². The Balaban J connectivity index is -0.000000150. The molecule has 0 aliphatic carbocycles. The van der Waals surface area contributed by atoms with Crippen molar-refractivity contribution in [2.24, 2.45) is 0 Å². The van der Waals surface area contributed by atoms with Crippen molar-refractivity contribution in [2.45, 2.75) is 13.8 Å². The maximum Gasteiger partial charge on any atom is 2.00 e. The molecule has 0 unspecified atom stereocenters. The molecule has 0 heterocycles. The molecular weight excluding hydrogens is 397 g/mol. The number of diazo groups is 1. The van der Waals surface area contributed by atoms with Crippen molar-refractivity contribution >= 4 is 11.4 Å². The molecule has 0 amide bonds. The second kappa shape index (κ2) is 17.2. The third-order valence-electron chi connectivity index (χ3n) is 2.39. The van der Waals surface area contributed by atoms with E-state index in [2.05, 4.69) is 9.88 Å². The van der Waals surface area contributed by atoms with Crippen LogP contribution in [-0.4, -0.2) is 24.8 Å². The fourth-order valence-electron chi connectivity index (χ4n) is 1.63. The fraction of sp³-hybridized carbons (Fsp3) is 0.455. The van der Waals surface area contributed by atoms with Crippen LogP contribution in [0.25, 0.3) is 4.98 Å². The summed E-state index contributed by atoms with van der Waals surface area (Å²) in [5, 5.41) is 17.5. The van der Waals surface area contributed by atoms with E-state index < -0.39 is 0 Å². The molecular formula is C11H16Cl4N3OZn-. The quantitative estimate of drug-likeness (QED) is 0.394. The van der Waals surface area contributed by atoms with Crippen LogP contribution >= 0.6 is 0 Å². The molecule has 9 heteroatoms. The summed E-state index contributed by atoms with van der Waals surface area (Å²) in [6, 6.07) is 5.47. The Morgan fingerprint density at radius 2 is 1.75 bits per heavy atom. The Bertz CT molecular complexity index is 390. The number of aryl methyl sites for hydroxylation is 1. The predicted octanol–water partition coefficient (Wildman–Crippen LogP) is -9.69. The van der Waals surface area contributed by atoms with E-state index in [1.165, 1.54) is 0 Å². The molecule has 0 bridgehead atoms. The zero-order chi connectivity index (χ0) is 11.3. The summed E-state index contributed by atoms with van der Waals surface area (Å²) in [5.74, 6) is 0. The molecule has 0 atom stereocenters. The molecule has 0 aliphatic heterocycles. The van der Waals surface area contributed by atoms with Crippen LogP contribution in [0.1, 0.15) is 12.5 Å². The summed E-state index contributed by atoms with van der Waals surface area (Å²) in [6.45, 7) is 5.60. The Morgan fingerprint density at radius 3 is 2.10 bits per heavy atom. The third-order valence-corrected chi connectivity index (χ3v) is 2.39. The normalized spacial score (nSPS) is 7.30. The van der Waals surface area contributed by atoms with Gasteiger partial charge in [0.05, 0.1) is 6.61 Å². The summed E-state index contributed by atoms with van der Waals surface area (Å²) in [4.78, 5) is 5.22. The van der Waals surface area contributed by atoms with Gasteiger partial charge in [-0.1, -0.05) is 0 Å². The number of aliphatic hydroxyl groups is 1. The first-order valence-electron chi connectivity index (χ1n) is 5.04. The summed E-state index contributed by atoms with van der Waals surface area (Å²) in [5.41, 5.74) is 2.66. The molecule has 0 saturated carbocycles. The second-order valence-corrected chi connectivity index (χ2v) is 3.37. The van der Waals surface area contributed by atoms with Crippen LogP contribution in [-0.2, 0) is 19.5 Å². The van der Waals surface area contributed by atoms with Crippen LogP contribution in [0.15, 0.2) is 18.2 Å². The van der Waals surface area contributed by atoms with E-state index in [0.29, 0.717) is 12.2 Å². The van der Waals surface area contributed by atoms with Gasteiger partial charge in [-0.05, 0) is 25.5 Å². The van der Waals surface area contributed by atoms with Gasteiger partial charge in [-0.25, -0.2) is 0 Å². The Hall–Kier alpha value is 0.183. The van der Waals surface area contributed by atoms with Crippen LogP contribution in [0.2, 0.25) is 0 Å². The maximum atomic E-state index is 8.92. The third kappa shape index (κ3) is 9.18. The Morgan fingerprint density at radius 1 is 1.20 bits per heavy atom. The number of hydrogen-bond donors (Lipinski definition) is 1. The Labute approximate surface area is 157 Å². The zero-order valence-corrected chi connectivity index (χ0v) is 17.4. The van der Waals surface area contributed by atoms with Crippen molar-refractivity contribution in [3.8, 4) is 0 Å². The number of halogens is 4. The average molecular weight is 413 g/mol. The van der Waals surface area contributed by atoms with Crippen LogP contribution in [0.4, 0.5) is 11.4 Å². The smallest absolute Gasteiger partial charge is 1.00 e. The molecule has 4 nitrogen and oxygen atoms in total. The molecule has 20 heavy (non-hydrogen) atoms. The van der Waals surface area contributed by atoms with Gasteiger partial charge in [-0.2, -0.15) is 0 Å². The van der Waals surface area contributed by atoms with Crippen LogP contribution < -0.4 is 54.5 Å². The maximum absolute atomic E-state index is 8.92. The van der Waals surface area contributed by atoms with E-state index in [0.717, 1.165) is 17.8 Å². The first kappa shape index (κ1) is 32.2. The fourth-order valence-corrected chi connectivity index (χ4v) is 1.63. The standard InChI is InChI=1S/C11H16N3O.4ClH.Zn/c1-3-14(6-7-15)11-5-4-10(13-12)8-9(11)2;;;;;/h4-5,8,15H,3,6-7H2,1-2H3;4*1H;/q+1;;;;;+2/p-4. The van der Waals surface area contributed by atoms with E-state index in [-0.39, 0.29) is 75.7 Å². The van der Waals surface area contributed by atoms with Crippen molar-refractivity contribution in [3.05, 3.63) is 28.7 Å². The molecule has 0 aromatic heterocycles. The predicted molar refractivity (Wildman–Crippen MR) is 60.9 cm³/mol. The van der Waals surface area contributed by atoms with Gasteiger partial charge < -0.3 is 59.6 Å². The van der Waals surface area contributed by atoms with Crippen molar-refractivity contribution in [1.82, 2.24) is 0 Å². The first-order valence-corrected chi connectivity index (χ1v) is 5.04. The number of likely N-dealkylation sites (N-methyl/N-ethyl adjacent to an activating group) is 1. The minimum Gasteiger partial charge on any atom is -1.00 e. The van der Waals surface area contributed by atoms with Crippen molar-refractivity contribution in [2.75, 3.05) is 24.6 Å². The summed E-state index contributed by atoms with van der Waals surface area (Å²) < 4.78 is 0. The molecule has 1 N–H and O–H groups in total. The SMILES string of the molecule is CCN(CCO)c1ccc([N+]#N)cc1C.[Cl-].[Cl-].[Cl-].[Cl-].[Zn+2]. The van der Waals surface area contributed by atoms with Crippen LogP contribution in [0.3, 0.4) is 0 Å². The van der Waals surface area contributed by atoms with E-state index in [1.807, 2.05) is 26.0 Å². The van der Waals surface area contributed by atoms with Gasteiger partial charge in [-0.3, -0.25) is 0 Å². The second-order valence-electron chi connectivity index (χ2n) is 3.37. The zero-order valence-electron chi connectivity index (χ0n) is 11.4. The van der Waals surface area contributed by atoms with Crippen LogP contribution in [0.5, 0.6) is 0 Å². The number of aliphatic hydroxyl groups excluding tert-OH is 1. The van der Waals surface area contributed by atoms with E-state index in [4.69, 9.17) is 10.5 Å². The number of hydrogen-bond acceptors (Lipinski definition) is 3. The number of anilines is 1. The summed E-state index contributed by atoms with van der Waals surface area (Å²) >= 11 is 0. The molecule has 0 saturated heterocycles. The molecule has 112 valence electrons. The summed E-state index contributed by atoms with van der Waals surface area (Å²) in [6.07, 6.45) is 0. The van der Waals surface area contributed by atoms with Gasteiger partial charge in [0, 0.05) is 30.9 Å². The number of rotatable bonds is 4. The average Bonchev–Trinajstić information content (AvgIpc) is 2.26. The van der Waals surface area contributed by atoms with E-state index in [1.54, 1.807) is 6.07 Å². The molecule has 1 aromatic rings. The van der Waals surface area contributed by atoms with Gasteiger partial charge in [0.15, 0.2) is 4.98 Å². The molecule has 0 radical (unpaired) electrons. The molecule has 0 spiro atoms. The van der Waals surface area contributed by atoms with Gasteiger partial charge in [0.2, 0.25) is 5.39 Å². The molecule has 1 aromatic carbocycles. The molecule has 0 fully saturated rings. The minimum absolute atomic E-state index is 0. The van der Waals surface area contributed by atoms with E-state index in [9.17, 15) is 0 Å². The number of benzene rings is 1. The van der Waals surface area contributed by atoms with Gasteiger partial charge in [0.25, 0.3) is 0 Å². The molecule has 1 rings (SSSR count). The topological polar surface area (TPSA) is 51.6 Å². The largest absolute Gasteiger partial charge is 2.00 e. The number of nitrogens with zero attached hydrogens (tertiary/aromatic N) is 3. The van der Waals surface area contributed by atoms with Crippen LogP contribution in [0, 0.1) is 12.3 Å². The minimum atomic E-state index is 0. The van der Waals surface area contributed by atoms with E-state index >= 15 is 0 Å². The van der Waals surface area contributed by atoms with Crippen molar-refractivity contribution < 1.29 is 74.2 Å². The monoisotopic (exact) mass is 410 g/mol. The van der Waals surface area contributed by atoms with Crippen molar-refractivity contribution in [3.63, 3.8) is 0 Å².